The third kappa shape index (κ3) is 2.74. The lowest BCUT2D eigenvalue weighted by Crippen LogP contribution is -2.24. The normalized spacial score (nSPS) is 21.6. The summed E-state index contributed by atoms with van der Waals surface area (Å²) >= 11 is 3.58. The van der Waals surface area contributed by atoms with Crippen LogP contribution in [0.2, 0.25) is 0 Å². The highest BCUT2D eigenvalue weighted by Crippen LogP contribution is 2.44. The minimum absolute atomic E-state index is 0.495. The van der Waals surface area contributed by atoms with E-state index in [1.54, 1.807) is 7.11 Å². The minimum Gasteiger partial charge on any atom is -0.495 e. The Labute approximate surface area is 127 Å². The molecule has 0 spiro atoms. The van der Waals surface area contributed by atoms with Crippen LogP contribution < -0.4 is 19.5 Å². The van der Waals surface area contributed by atoms with Crippen LogP contribution in [0.3, 0.4) is 0 Å². The van der Waals surface area contributed by atoms with Gasteiger partial charge in [0, 0.05) is 24.1 Å². The van der Waals surface area contributed by atoms with E-state index in [9.17, 15) is 0 Å². The zero-order valence-corrected chi connectivity index (χ0v) is 13.3. The molecule has 2 heterocycles. The molecule has 1 N–H and O–H groups in total. The zero-order chi connectivity index (χ0) is 13.9. The highest BCUT2D eigenvalue weighted by atomic mass is 79.9. The largest absolute Gasteiger partial charge is 0.495 e. The molecule has 0 aliphatic carbocycles. The quantitative estimate of drug-likeness (QED) is 0.917. The molecular formula is C15H20BrNO3. The number of halogens is 1. The van der Waals surface area contributed by atoms with Crippen LogP contribution in [0, 0.1) is 0 Å². The smallest absolute Gasteiger partial charge is 0.168 e. The zero-order valence-electron chi connectivity index (χ0n) is 11.7. The summed E-state index contributed by atoms with van der Waals surface area (Å²) in [6, 6.07) is 2.44. The van der Waals surface area contributed by atoms with E-state index >= 15 is 0 Å². The maximum atomic E-state index is 5.93. The summed E-state index contributed by atoms with van der Waals surface area (Å²) in [5.74, 6) is 2.54. The number of hydrogen-bond acceptors (Lipinski definition) is 4. The van der Waals surface area contributed by atoms with Crippen LogP contribution in [0.15, 0.2) is 10.5 Å². The van der Waals surface area contributed by atoms with Gasteiger partial charge in [-0.1, -0.05) is 0 Å². The molecule has 1 fully saturated rings. The van der Waals surface area contributed by atoms with Crippen molar-refractivity contribution >= 4 is 15.9 Å². The topological polar surface area (TPSA) is 39.7 Å². The SMILES string of the molecule is COc1c(Br)cc2c(c1CC1CCCN1)OCCCO2. The van der Waals surface area contributed by atoms with E-state index in [-0.39, 0.29) is 0 Å². The molecule has 0 saturated carbocycles. The molecule has 3 rings (SSSR count). The molecule has 2 aliphatic rings. The summed E-state index contributed by atoms with van der Waals surface area (Å²) in [7, 11) is 1.70. The van der Waals surface area contributed by atoms with Gasteiger partial charge in [-0.2, -0.15) is 0 Å². The second-order valence-corrected chi connectivity index (χ2v) is 6.10. The minimum atomic E-state index is 0.495. The van der Waals surface area contributed by atoms with Crippen LogP contribution in [0.25, 0.3) is 0 Å². The van der Waals surface area contributed by atoms with E-state index in [1.165, 1.54) is 12.8 Å². The molecule has 1 aromatic rings. The van der Waals surface area contributed by atoms with Crippen LogP contribution in [0.1, 0.15) is 24.8 Å². The predicted molar refractivity (Wildman–Crippen MR) is 81.0 cm³/mol. The van der Waals surface area contributed by atoms with E-state index in [0.29, 0.717) is 19.3 Å². The Bertz CT molecular complexity index is 486. The van der Waals surface area contributed by atoms with E-state index in [0.717, 1.165) is 46.7 Å². The van der Waals surface area contributed by atoms with Gasteiger partial charge in [0.15, 0.2) is 11.5 Å². The molecule has 0 bridgehead atoms. The van der Waals surface area contributed by atoms with Crippen molar-refractivity contribution in [3.63, 3.8) is 0 Å². The Balaban J connectivity index is 2.00. The van der Waals surface area contributed by atoms with Crippen LogP contribution in [0.4, 0.5) is 0 Å². The van der Waals surface area contributed by atoms with Gasteiger partial charge in [0.05, 0.1) is 24.8 Å². The van der Waals surface area contributed by atoms with Gasteiger partial charge in [-0.3, -0.25) is 0 Å². The molecule has 5 heteroatoms. The van der Waals surface area contributed by atoms with Gasteiger partial charge >= 0.3 is 0 Å². The highest BCUT2D eigenvalue weighted by Gasteiger charge is 2.25. The van der Waals surface area contributed by atoms with Crippen molar-refractivity contribution in [2.24, 2.45) is 0 Å². The lowest BCUT2D eigenvalue weighted by molar-refractivity contribution is 0.295. The monoisotopic (exact) mass is 341 g/mol. The molecule has 4 nitrogen and oxygen atoms in total. The summed E-state index contributed by atoms with van der Waals surface area (Å²) in [6.07, 6.45) is 4.26. The van der Waals surface area contributed by atoms with Gasteiger partial charge in [-0.05, 0) is 41.7 Å². The van der Waals surface area contributed by atoms with Crippen molar-refractivity contribution in [1.82, 2.24) is 5.32 Å². The van der Waals surface area contributed by atoms with Crippen molar-refractivity contribution in [1.29, 1.82) is 0 Å². The predicted octanol–water partition coefficient (Wildman–Crippen LogP) is 2.91. The molecule has 1 saturated heterocycles. The standard InChI is InChI=1S/C15H20BrNO3/c1-18-14-11(8-10-4-2-5-17-10)15-13(9-12(14)16)19-6-3-7-20-15/h9-10,17H,2-8H2,1H3. The number of methoxy groups -OCH3 is 1. The van der Waals surface area contributed by atoms with Crippen LogP contribution in [0.5, 0.6) is 17.2 Å². The summed E-state index contributed by atoms with van der Waals surface area (Å²) in [4.78, 5) is 0. The molecule has 1 atom stereocenters. The fourth-order valence-corrected chi connectivity index (χ4v) is 3.52. The van der Waals surface area contributed by atoms with Crippen LogP contribution >= 0.6 is 15.9 Å². The Morgan fingerprint density at radius 1 is 1.35 bits per heavy atom. The van der Waals surface area contributed by atoms with Gasteiger partial charge in [-0.15, -0.1) is 0 Å². The second kappa shape index (κ2) is 6.22. The van der Waals surface area contributed by atoms with Gasteiger partial charge < -0.3 is 19.5 Å². The average Bonchev–Trinajstić information content (AvgIpc) is 2.83. The second-order valence-electron chi connectivity index (χ2n) is 5.25. The number of nitrogens with one attached hydrogen (secondary N) is 1. The Hall–Kier alpha value is -0.940. The van der Waals surface area contributed by atoms with Crippen LogP contribution in [-0.4, -0.2) is 32.9 Å². The molecule has 0 aromatic heterocycles. The Morgan fingerprint density at radius 3 is 2.95 bits per heavy atom. The first-order chi connectivity index (χ1) is 9.79. The molecule has 1 aromatic carbocycles. The number of rotatable bonds is 3. The van der Waals surface area contributed by atoms with Gasteiger partial charge in [-0.25, -0.2) is 0 Å². The van der Waals surface area contributed by atoms with Gasteiger partial charge in [0.25, 0.3) is 0 Å². The van der Waals surface area contributed by atoms with Gasteiger partial charge in [0.2, 0.25) is 0 Å². The van der Waals surface area contributed by atoms with E-state index in [2.05, 4.69) is 21.2 Å². The Morgan fingerprint density at radius 2 is 2.20 bits per heavy atom. The Kier molecular flexibility index (Phi) is 4.36. The third-order valence-electron chi connectivity index (χ3n) is 3.86. The highest BCUT2D eigenvalue weighted by molar-refractivity contribution is 9.10. The third-order valence-corrected chi connectivity index (χ3v) is 4.45. The molecule has 0 radical (unpaired) electrons. The molecular weight excluding hydrogens is 322 g/mol. The first-order valence-corrected chi connectivity index (χ1v) is 7.97. The lowest BCUT2D eigenvalue weighted by Gasteiger charge is -2.20. The molecule has 1 unspecified atom stereocenters. The average molecular weight is 342 g/mol. The first-order valence-electron chi connectivity index (χ1n) is 7.18. The van der Waals surface area contributed by atoms with E-state index in [1.807, 2.05) is 6.07 Å². The summed E-state index contributed by atoms with van der Waals surface area (Å²) in [6.45, 7) is 2.50. The maximum absolute atomic E-state index is 5.93. The molecule has 20 heavy (non-hydrogen) atoms. The first kappa shape index (κ1) is 14.0. The van der Waals surface area contributed by atoms with Gasteiger partial charge in [0.1, 0.15) is 5.75 Å². The summed E-state index contributed by atoms with van der Waals surface area (Å²) in [5.41, 5.74) is 1.11. The summed E-state index contributed by atoms with van der Waals surface area (Å²) in [5, 5.41) is 3.53. The maximum Gasteiger partial charge on any atom is 0.168 e. The molecule has 0 amide bonds. The van der Waals surface area contributed by atoms with Crippen molar-refractivity contribution in [2.75, 3.05) is 26.9 Å². The van der Waals surface area contributed by atoms with Crippen molar-refractivity contribution < 1.29 is 14.2 Å². The van der Waals surface area contributed by atoms with Crippen molar-refractivity contribution in [3.05, 3.63) is 16.1 Å². The van der Waals surface area contributed by atoms with E-state index in [4.69, 9.17) is 14.2 Å². The van der Waals surface area contributed by atoms with Crippen molar-refractivity contribution in [2.45, 2.75) is 31.7 Å². The van der Waals surface area contributed by atoms with Crippen molar-refractivity contribution in [3.8, 4) is 17.2 Å². The molecule has 2 aliphatic heterocycles. The van der Waals surface area contributed by atoms with E-state index < -0.39 is 0 Å². The molecule has 110 valence electrons. The van der Waals surface area contributed by atoms with Crippen LogP contribution in [-0.2, 0) is 6.42 Å². The number of hydrogen-bond donors (Lipinski definition) is 1. The summed E-state index contributed by atoms with van der Waals surface area (Å²) < 4.78 is 18.2. The number of ether oxygens (including phenoxy) is 3. The number of fused-ring (bicyclic) bond motifs is 1. The number of benzene rings is 1. The fourth-order valence-electron chi connectivity index (χ4n) is 2.91. The lowest BCUT2D eigenvalue weighted by atomic mass is 10.0. The fraction of sp³-hybridized carbons (Fsp3) is 0.600.